The average Bonchev–Trinajstić information content (AvgIpc) is 3.43. The first-order valence-corrected chi connectivity index (χ1v) is 14.3. The predicted octanol–water partition coefficient (Wildman–Crippen LogP) is 3.69. The SMILES string of the molecule is COc1ccc(CN(C)C(=O)C(Cc2c[nH]c3ccccc23)NC(=O)CN2CCN(c3ccccc3)CC2)cc1OC. The van der Waals surface area contributed by atoms with Crippen molar-refractivity contribution in [3.05, 3.63) is 90.1 Å². The number of amides is 2. The monoisotopic (exact) mass is 569 g/mol. The number of anilines is 1. The van der Waals surface area contributed by atoms with Crippen LogP contribution >= 0.6 is 0 Å². The van der Waals surface area contributed by atoms with Gasteiger partial charge in [-0.15, -0.1) is 0 Å². The lowest BCUT2D eigenvalue weighted by atomic mass is 10.0. The van der Waals surface area contributed by atoms with Crippen LogP contribution in [0.1, 0.15) is 11.1 Å². The Morgan fingerprint density at radius 1 is 0.929 bits per heavy atom. The van der Waals surface area contributed by atoms with E-state index in [9.17, 15) is 9.59 Å². The Labute approximate surface area is 247 Å². The smallest absolute Gasteiger partial charge is 0.245 e. The molecule has 9 heteroatoms. The predicted molar refractivity (Wildman–Crippen MR) is 165 cm³/mol. The van der Waals surface area contributed by atoms with E-state index in [1.807, 2.05) is 66.9 Å². The van der Waals surface area contributed by atoms with E-state index in [1.165, 1.54) is 5.69 Å². The highest BCUT2D eigenvalue weighted by Crippen LogP contribution is 2.28. The zero-order valence-electron chi connectivity index (χ0n) is 24.5. The number of piperazine rings is 1. The van der Waals surface area contributed by atoms with Gasteiger partial charge in [0.25, 0.3) is 0 Å². The van der Waals surface area contributed by atoms with E-state index in [-0.39, 0.29) is 18.4 Å². The summed E-state index contributed by atoms with van der Waals surface area (Å²) in [6.07, 6.45) is 2.31. The molecule has 9 nitrogen and oxygen atoms in total. The van der Waals surface area contributed by atoms with E-state index in [4.69, 9.17) is 9.47 Å². The maximum atomic E-state index is 13.8. The highest BCUT2D eigenvalue weighted by Gasteiger charge is 2.27. The molecule has 2 amide bonds. The molecule has 5 rings (SSSR count). The van der Waals surface area contributed by atoms with E-state index in [1.54, 1.807) is 26.2 Å². The van der Waals surface area contributed by atoms with Crippen LogP contribution in [0.2, 0.25) is 0 Å². The number of nitrogens with zero attached hydrogens (tertiary/aromatic N) is 3. The lowest BCUT2D eigenvalue weighted by Gasteiger charge is -2.36. The van der Waals surface area contributed by atoms with Gasteiger partial charge in [-0.1, -0.05) is 42.5 Å². The van der Waals surface area contributed by atoms with Crippen molar-refractivity contribution in [3.8, 4) is 11.5 Å². The molecule has 0 bridgehead atoms. The van der Waals surface area contributed by atoms with Crippen LogP contribution < -0.4 is 19.7 Å². The Hall–Kier alpha value is -4.50. The molecule has 2 N–H and O–H groups in total. The summed E-state index contributed by atoms with van der Waals surface area (Å²) in [4.78, 5) is 36.6. The minimum Gasteiger partial charge on any atom is -0.493 e. The third kappa shape index (κ3) is 6.86. The molecule has 1 aliphatic heterocycles. The van der Waals surface area contributed by atoms with Crippen molar-refractivity contribution in [2.75, 3.05) is 58.9 Å². The fraction of sp³-hybridized carbons (Fsp3) is 0.333. The molecule has 1 unspecified atom stereocenters. The second-order valence-corrected chi connectivity index (χ2v) is 10.7. The number of hydrogen-bond donors (Lipinski definition) is 2. The number of carbonyl (C=O) groups is 2. The quantitative estimate of drug-likeness (QED) is 0.286. The van der Waals surface area contributed by atoms with Gasteiger partial charge in [0.2, 0.25) is 11.8 Å². The minimum atomic E-state index is -0.715. The van der Waals surface area contributed by atoms with Gasteiger partial charge in [-0.25, -0.2) is 0 Å². The first-order chi connectivity index (χ1) is 20.4. The van der Waals surface area contributed by atoms with Crippen LogP contribution in [0.15, 0.2) is 79.0 Å². The number of benzene rings is 3. The largest absolute Gasteiger partial charge is 0.493 e. The number of methoxy groups -OCH3 is 2. The first-order valence-electron chi connectivity index (χ1n) is 14.3. The van der Waals surface area contributed by atoms with Crippen LogP contribution in [-0.2, 0) is 22.6 Å². The second-order valence-electron chi connectivity index (χ2n) is 10.7. The highest BCUT2D eigenvalue weighted by molar-refractivity contribution is 5.90. The Bertz CT molecular complexity index is 1500. The molecule has 1 aliphatic rings. The number of aromatic nitrogens is 1. The van der Waals surface area contributed by atoms with Crippen LogP contribution in [0.25, 0.3) is 10.9 Å². The number of ether oxygens (including phenoxy) is 2. The van der Waals surface area contributed by atoms with E-state index in [2.05, 4.69) is 32.2 Å². The average molecular weight is 570 g/mol. The van der Waals surface area contributed by atoms with Crippen LogP contribution in [0.5, 0.6) is 11.5 Å². The number of rotatable bonds is 11. The number of nitrogens with one attached hydrogen (secondary N) is 2. The third-order valence-corrected chi connectivity index (χ3v) is 7.84. The van der Waals surface area contributed by atoms with E-state index >= 15 is 0 Å². The third-order valence-electron chi connectivity index (χ3n) is 7.84. The summed E-state index contributed by atoms with van der Waals surface area (Å²) in [5, 5.41) is 4.12. The van der Waals surface area contributed by atoms with Gasteiger partial charge in [0, 0.05) is 69.0 Å². The summed E-state index contributed by atoms with van der Waals surface area (Å²) >= 11 is 0. The van der Waals surface area contributed by atoms with Gasteiger partial charge in [0.05, 0.1) is 20.8 Å². The lowest BCUT2D eigenvalue weighted by molar-refractivity contribution is -0.136. The molecule has 0 saturated carbocycles. The summed E-state index contributed by atoms with van der Waals surface area (Å²) in [7, 11) is 4.94. The number of aromatic amines is 1. The number of H-pyrrole nitrogens is 1. The molecular weight excluding hydrogens is 530 g/mol. The van der Waals surface area contributed by atoms with Gasteiger partial charge >= 0.3 is 0 Å². The van der Waals surface area contributed by atoms with Crippen molar-refractivity contribution < 1.29 is 19.1 Å². The first kappa shape index (κ1) is 29.0. The maximum Gasteiger partial charge on any atom is 0.245 e. The van der Waals surface area contributed by atoms with Crippen LogP contribution in [0.4, 0.5) is 5.69 Å². The van der Waals surface area contributed by atoms with Gasteiger partial charge in [-0.3, -0.25) is 14.5 Å². The second kappa shape index (κ2) is 13.4. The molecule has 1 saturated heterocycles. The van der Waals surface area contributed by atoms with Crippen LogP contribution in [-0.4, -0.2) is 86.6 Å². The fourth-order valence-electron chi connectivity index (χ4n) is 5.56. The summed E-state index contributed by atoms with van der Waals surface area (Å²) in [6, 6.07) is 23.2. The molecule has 1 atom stereocenters. The number of hydrogen-bond acceptors (Lipinski definition) is 6. The van der Waals surface area contributed by atoms with E-state index in [0.717, 1.165) is 48.2 Å². The lowest BCUT2D eigenvalue weighted by Crippen LogP contribution is -2.53. The molecule has 3 aromatic carbocycles. The van der Waals surface area contributed by atoms with Crippen LogP contribution in [0, 0.1) is 0 Å². The van der Waals surface area contributed by atoms with Crippen molar-refractivity contribution in [2.24, 2.45) is 0 Å². The van der Waals surface area contributed by atoms with Gasteiger partial charge in [0.1, 0.15) is 6.04 Å². The Morgan fingerprint density at radius 3 is 2.38 bits per heavy atom. The molecule has 42 heavy (non-hydrogen) atoms. The Kier molecular flexibility index (Phi) is 9.28. The molecule has 0 radical (unpaired) electrons. The topological polar surface area (TPSA) is 90.1 Å². The van der Waals surface area contributed by atoms with Crippen molar-refractivity contribution in [1.29, 1.82) is 0 Å². The van der Waals surface area contributed by atoms with Gasteiger partial charge in [-0.2, -0.15) is 0 Å². The zero-order chi connectivity index (χ0) is 29.5. The fourth-order valence-corrected chi connectivity index (χ4v) is 5.56. The van der Waals surface area contributed by atoms with E-state index in [0.29, 0.717) is 24.5 Å². The molecule has 1 fully saturated rings. The molecule has 0 aliphatic carbocycles. The molecule has 2 heterocycles. The number of para-hydroxylation sites is 2. The molecular formula is C33H39N5O4. The Morgan fingerprint density at radius 2 is 1.64 bits per heavy atom. The molecule has 4 aromatic rings. The Balaban J connectivity index is 1.27. The summed E-state index contributed by atoms with van der Waals surface area (Å²) in [5.41, 5.74) is 4.08. The van der Waals surface area contributed by atoms with Crippen molar-refractivity contribution in [2.45, 2.75) is 19.0 Å². The highest BCUT2D eigenvalue weighted by atomic mass is 16.5. The van der Waals surface area contributed by atoms with Gasteiger partial charge in [0.15, 0.2) is 11.5 Å². The van der Waals surface area contributed by atoms with Gasteiger partial charge in [-0.05, 0) is 41.5 Å². The van der Waals surface area contributed by atoms with Crippen molar-refractivity contribution >= 4 is 28.4 Å². The summed E-state index contributed by atoms with van der Waals surface area (Å²) in [5.74, 6) is 0.925. The number of carbonyl (C=O) groups excluding carboxylic acids is 2. The minimum absolute atomic E-state index is 0.152. The molecule has 0 spiro atoms. The zero-order valence-corrected chi connectivity index (χ0v) is 24.5. The summed E-state index contributed by atoms with van der Waals surface area (Å²) < 4.78 is 10.8. The van der Waals surface area contributed by atoms with Crippen LogP contribution in [0.3, 0.4) is 0 Å². The molecule has 1 aromatic heterocycles. The van der Waals surface area contributed by atoms with Crippen molar-refractivity contribution in [1.82, 2.24) is 20.1 Å². The normalized spacial score (nSPS) is 14.4. The standard InChI is InChI=1S/C33H39N5O4/c1-36(22-24-13-14-30(41-2)31(19-24)42-3)33(40)29(20-25-21-34-28-12-8-7-11-27(25)28)35-32(39)23-37-15-17-38(18-16-37)26-9-5-4-6-10-26/h4-14,19,21,29,34H,15-18,20,22-23H2,1-3H3,(H,35,39). The van der Waals surface area contributed by atoms with Crippen molar-refractivity contribution in [3.63, 3.8) is 0 Å². The maximum absolute atomic E-state index is 13.8. The molecule has 220 valence electrons. The number of likely N-dealkylation sites (N-methyl/N-ethyl adjacent to an activating group) is 1. The van der Waals surface area contributed by atoms with E-state index < -0.39 is 6.04 Å². The van der Waals surface area contributed by atoms with Gasteiger partial charge < -0.3 is 29.6 Å². The summed E-state index contributed by atoms with van der Waals surface area (Å²) in [6.45, 7) is 3.87. The number of fused-ring (bicyclic) bond motifs is 1.